The predicted molar refractivity (Wildman–Crippen MR) is 84.4 cm³/mol. The molecule has 0 amide bonds. The molecule has 1 aliphatic heterocycles. The molecule has 0 saturated carbocycles. The minimum absolute atomic E-state index is 0.199. The van der Waals surface area contributed by atoms with Crippen molar-refractivity contribution in [2.45, 2.75) is 31.2 Å². The van der Waals surface area contributed by atoms with E-state index in [1.54, 1.807) is 18.2 Å². The summed E-state index contributed by atoms with van der Waals surface area (Å²) in [6, 6.07) is 5.00. The Morgan fingerprint density at radius 1 is 1.33 bits per heavy atom. The smallest absolute Gasteiger partial charge is 0.175 e. The number of sulfone groups is 1. The van der Waals surface area contributed by atoms with Gasteiger partial charge in [0, 0.05) is 43.1 Å². The van der Waals surface area contributed by atoms with Crippen LogP contribution in [0.3, 0.4) is 0 Å². The summed E-state index contributed by atoms with van der Waals surface area (Å²) in [7, 11) is -3.27. The number of halogens is 1. The van der Waals surface area contributed by atoms with Crippen molar-refractivity contribution >= 4 is 21.4 Å². The van der Waals surface area contributed by atoms with Gasteiger partial charge in [-0.2, -0.15) is 0 Å². The van der Waals surface area contributed by atoms with Crippen molar-refractivity contribution in [1.82, 2.24) is 5.32 Å². The number of ether oxygens (including phenoxy) is 1. The standard InChI is InChI=1S/C15H22ClNO3S/c1-15(6-8-20-9-7-15)11-17-10-12-13(16)4-3-5-14(12)21(2,18)19/h3-5,17H,6-11H2,1-2H3. The lowest BCUT2D eigenvalue weighted by molar-refractivity contribution is 0.0240. The van der Waals surface area contributed by atoms with Crippen LogP contribution >= 0.6 is 11.6 Å². The molecule has 21 heavy (non-hydrogen) atoms. The van der Waals surface area contributed by atoms with Crippen LogP contribution in [-0.2, 0) is 21.1 Å². The van der Waals surface area contributed by atoms with Gasteiger partial charge in [-0.05, 0) is 30.4 Å². The minimum atomic E-state index is -3.27. The van der Waals surface area contributed by atoms with Crippen LogP contribution in [0.2, 0.25) is 5.02 Å². The molecule has 2 rings (SSSR count). The third-order valence-corrected chi connectivity index (χ3v) is 5.56. The van der Waals surface area contributed by atoms with Gasteiger partial charge < -0.3 is 10.1 Å². The van der Waals surface area contributed by atoms with Gasteiger partial charge in [-0.15, -0.1) is 0 Å². The second-order valence-electron chi connectivity index (χ2n) is 6.02. The zero-order chi connectivity index (χ0) is 15.5. The second-order valence-corrected chi connectivity index (χ2v) is 8.41. The maximum absolute atomic E-state index is 11.8. The Hall–Kier alpha value is -0.620. The first-order valence-electron chi connectivity index (χ1n) is 7.08. The fourth-order valence-electron chi connectivity index (χ4n) is 2.59. The largest absolute Gasteiger partial charge is 0.381 e. The molecule has 1 aliphatic rings. The van der Waals surface area contributed by atoms with E-state index in [9.17, 15) is 8.42 Å². The minimum Gasteiger partial charge on any atom is -0.381 e. The van der Waals surface area contributed by atoms with Gasteiger partial charge in [0.25, 0.3) is 0 Å². The third kappa shape index (κ3) is 4.42. The molecule has 6 heteroatoms. The summed E-state index contributed by atoms with van der Waals surface area (Å²) in [6.45, 7) is 5.09. The summed E-state index contributed by atoms with van der Waals surface area (Å²) >= 11 is 6.17. The molecule has 0 spiro atoms. The highest BCUT2D eigenvalue weighted by Gasteiger charge is 2.27. The topological polar surface area (TPSA) is 55.4 Å². The van der Waals surface area contributed by atoms with Crippen molar-refractivity contribution in [3.8, 4) is 0 Å². The number of hydrogen-bond donors (Lipinski definition) is 1. The highest BCUT2D eigenvalue weighted by molar-refractivity contribution is 7.90. The first-order valence-corrected chi connectivity index (χ1v) is 9.35. The molecule has 0 unspecified atom stereocenters. The Bertz CT molecular complexity index is 595. The Kier molecular flexibility index (Phi) is 5.30. The van der Waals surface area contributed by atoms with E-state index in [0.29, 0.717) is 22.0 Å². The van der Waals surface area contributed by atoms with E-state index in [0.717, 1.165) is 32.6 Å². The molecule has 4 nitrogen and oxygen atoms in total. The van der Waals surface area contributed by atoms with Crippen LogP contribution in [0, 0.1) is 5.41 Å². The van der Waals surface area contributed by atoms with Crippen LogP contribution < -0.4 is 5.32 Å². The lowest BCUT2D eigenvalue weighted by Crippen LogP contribution is -2.36. The van der Waals surface area contributed by atoms with E-state index in [4.69, 9.17) is 16.3 Å². The molecule has 0 bridgehead atoms. The number of hydrogen-bond acceptors (Lipinski definition) is 4. The van der Waals surface area contributed by atoms with E-state index in [1.807, 2.05) is 0 Å². The van der Waals surface area contributed by atoms with Gasteiger partial charge in [-0.3, -0.25) is 0 Å². The summed E-state index contributed by atoms with van der Waals surface area (Å²) in [5, 5.41) is 3.85. The first-order chi connectivity index (χ1) is 9.82. The molecule has 1 aromatic rings. The number of benzene rings is 1. The van der Waals surface area contributed by atoms with Crippen molar-refractivity contribution in [3.63, 3.8) is 0 Å². The zero-order valence-electron chi connectivity index (χ0n) is 12.5. The molecule has 0 radical (unpaired) electrons. The zero-order valence-corrected chi connectivity index (χ0v) is 14.1. The SMILES string of the molecule is CC1(CNCc2c(Cl)cccc2S(C)(=O)=O)CCOCC1. The maximum atomic E-state index is 11.8. The monoisotopic (exact) mass is 331 g/mol. The van der Waals surface area contributed by atoms with Gasteiger partial charge in [0.15, 0.2) is 9.84 Å². The van der Waals surface area contributed by atoms with E-state index in [2.05, 4.69) is 12.2 Å². The maximum Gasteiger partial charge on any atom is 0.175 e. The molecular formula is C15H22ClNO3S. The van der Waals surface area contributed by atoms with Crippen molar-refractivity contribution in [2.24, 2.45) is 5.41 Å². The summed E-state index contributed by atoms with van der Waals surface area (Å²) in [5.41, 5.74) is 0.849. The van der Waals surface area contributed by atoms with E-state index >= 15 is 0 Å². The highest BCUT2D eigenvalue weighted by atomic mass is 35.5. The van der Waals surface area contributed by atoms with Crippen molar-refractivity contribution in [1.29, 1.82) is 0 Å². The first kappa shape index (κ1) is 16.7. The molecule has 1 aromatic carbocycles. The number of rotatable bonds is 5. The molecule has 0 atom stereocenters. The lowest BCUT2D eigenvalue weighted by Gasteiger charge is -2.33. The summed E-state index contributed by atoms with van der Waals surface area (Å²) in [4.78, 5) is 0.305. The van der Waals surface area contributed by atoms with Crippen LogP contribution in [0.15, 0.2) is 23.1 Å². The fourth-order valence-corrected chi connectivity index (χ4v) is 3.84. The molecule has 1 fully saturated rings. The third-order valence-electron chi connectivity index (χ3n) is 4.03. The second kappa shape index (κ2) is 6.65. The van der Waals surface area contributed by atoms with Crippen LogP contribution in [0.4, 0.5) is 0 Å². The van der Waals surface area contributed by atoms with E-state index in [1.165, 1.54) is 6.26 Å². The van der Waals surface area contributed by atoms with Crippen LogP contribution in [0.25, 0.3) is 0 Å². The summed E-state index contributed by atoms with van der Waals surface area (Å²) < 4.78 is 29.0. The molecular weight excluding hydrogens is 310 g/mol. The van der Waals surface area contributed by atoms with Gasteiger partial charge in [0.05, 0.1) is 4.90 Å². The quantitative estimate of drug-likeness (QED) is 0.901. The van der Waals surface area contributed by atoms with E-state index in [-0.39, 0.29) is 5.41 Å². The molecule has 118 valence electrons. The molecule has 0 aliphatic carbocycles. The van der Waals surface area contributed by atoms with Crippen molar-refractivity contribution in [3.05, 3.63) is 28.8 Å². The lowest BCUT2D eigenvalue weighted by atomic mass is 9.82. The summed E-state index contributed by atoms with van der Waals surface area (Å²) in [5.74, 6) is 0. The van der Waals surface area contributed by atoms with Crippen molar-refractivity contribution in [2.75, 3.05) is 26.0 Å². The van der Waals surface area contributed by atoms with Crippen LogP contribution in [0.1, 0.15) is 25.3 Å². The highest BCUT2D eigenvalue weighted by Crippen LogP contribution is 2.29. The van der Waals surface area contributed by atoms with Gasteiger partial charge in [-0.1, -0.05) is 24.6 Å². The van der Waals surface area contributed by atoms with E-state index < -0.39 is 9.84 Å². The van der Waals surface area contributed by atoms with Crippen LogP contribution in [-0.4, -0.2) is 34.4 Å². The summed E-state index contributed by atoms with van der Waals surface area (Å²) in [6.07, 6.45) is 3.24. The average Bonchev–Trinajstić information content (AvgIpc) is 2.40. The average molecular weight is 332 g/mol. The molecule has 1 heterocycles. The van der Waals surface area contributed by atoms with Gasteiger partial charge in [0.1, 0.15) is 0 Å². The Balaban J connectivity index is 2.06. The van der Waals surface area contributed by atoms with Crippen LogP contribution in [0.5, 0.6) is 0 Å². The fraction of sp³-hybridized carbons (Fsp3) is 0.600. The van der Waals surface area contributed by atoms with Gasteiger partial charge in [0.2, 0.25) is 0 Å². The van der Waals surface area contributed by atoms with Gasteiger partial charge >= 0.3 is 0 Å². The van der Waals surface area contributed by atoms with Crippen molar-refractivity contribution < 1.29 is 13.2 Å². The number of nitrogens with one attached hydrogen (secondary N) is 1. The van der Waals surface area contributed by atoms with Gasteiger partial charge in [-0.25, -0.2) is 8.42 Å². The molecule has 0 aromatic heterocycles. The molecule has 1 N–H and O–H groups in total. The Morgan fingerprint density at radius 2 is 2.00 bits per heavy atom. The normalized spacial score (nSPS) is 18.6. The molecule has 1 saturated heterocycles. The predicted octanol–water partition coefficient (Wildman–Crippen LogP) is 2.65. The Labute approximate surface area is 131 Å². The Morgan fingerprint density at radius 3 is 2.62 bits per heavy atom.